The third-order valence-corrected chi connectivity index (χ3v) is 6.40. The number of hydrogen-bond acceptors (Lipinski definition) is 3. The van der Waals surface area contributed by atoms with Gasteiger partial charge in [0.25, 0.3) is 0 Å². The number of aryl methyl sites for hydroxylation is 2. The maximum absolute atomic E-state index is 13.0. The average molecular weight is 360 g/mol. The lowest BCUT2D eigenvalue weighted by Crippen LogP contribution is -2.38. The molecule has 2 aromatic rings. The molecule has 0 radical (unpaired) electrons. The van der Waals surface area contributed by atoms with Crippen molar-refractivity contribution in [1.29, 1.82) is 0 Å². The van der Waals surface area contributed by atoms with Gasteiger partial charge >= 0.3 is 0 Å². The smallest absolute Gasteiger partial charge is 0.223 e. The largest absolute Gasteiger partial charge is 0.343 e. The highest BCUT2D eigenvalue weighted by atomic mass is 32.1. The van der Waals surface area contributed by atoms with Gasteiger partial charge in [0.05, 0.1) is 10.7 Å². The van der Waals surface area contributed by atoms with Gasteiger partial charge in [-0.3, -0.25) is 4.79 Å². The molecular weight excluding hydrogens is 335 g/mol. The molecule has 1 unspecified atom stereocenters. The van der Waals surface area contributed by atoms with Crippen molar-refractivity contribution < 1.29 is 9.18 Å². The fourth-order valence-corrected chi connectivity index (χ4v) is 4.44. The maximum atomic E-state index is 13.0. The molecule has 1 aromatic heterocycles. The quantitative estimate of drug-likeness (QED) is 0.785. The highest BCUT2D eigenvalue weighted by Crippen LogP contribution is 2.32. The van der Waals surface area contributed by atoms with E-state index in [0.717, 1.165) is 37.2 Å². The molecule has 1 aromatic carbocycles. The van der Waals surface area contributed by atoms with E-state index in [0.29, 0.717) is 12.3 Å². The predicted molar refractivity (Wildman–Crippen MR) is 99.6 cm³/mol. The number of piperidine rings is 1. The number of halogens is 1. The molecule has 0 spiro atoms. The zero-order valence-corrected chi connectivity index (χ0v) is 15.9. The standard InChI is InChI=1S/C20H25FN2OS/c1-13(16-4-6-18(21)7-5-16)12-19(24)23-10-8-17(9-11-23)20-22-14(2)15(3)25-20/h4-7,13,17H,8-12H2,1-3H3. The van der Waals surface area contributed by atoms with Crippen LogP contribution >= 0.6 is 11.3 Å². The van der Waals surface area contributed by atoms with Crippen LogP contribution in [0.1, 0.15) is 59.2 Å². The summed E-state index contributed by atoms with van der Waals surface area (Å²) in [4.78, 5) is 20.5. The average Bonchev–Trinajstić information content (AvgIpc) is 2.94. The van der Waals surface area contributed by atoms with Crippen molar-refractivity contribution in [2.24, 2.45) is 0 Å². The Bertz CT molecular complexity index is 713. The Balaban J connectivity index is 1.53. The van der Waals surface area contributed by atoms with E-state index in [4.69, 9.17) is 0 Å². The van der Waals surface area contributed by atoms with Crippen LogP contribution in [0.5, 0.6) is 0 Å². The van der Waals surface area contributed by atoms with Crippen LogP contribution in [0.15, 0.2) is 24.3 Å². The highest BCUT2D eigenvalue weighted by molar-refractivity contribution is 7.11. The van der Waals surface area contributed by atoms with Gasteiger partial charge in [0, 0.05) is 30.3 Å². The van der Waals surface area contributed by atoms with Gasteiger partial charge < -0.3 is 4.90 Å². The predicted octanol–water partition coefficient (Wildman–Crippen LogP) is 4.80. The van der Waals surface area contributed by atoms with Gasteiger partial charge in [-0.2, -0.15) is 0 Å². The Morgan fingerprint density at radius 1 is 1.28 bits per heavy atom. The lowest BCUT2D eigenvalue weighted by atomic mass is 9.94. The van der Waals surface area contributed by atoms with Gasteiger partial charge in [-0.1, -0.05) is 19.1 Å². The third-order valence-electron chi connectivity index (χ3n) is 5.16. The second-order valence-corrected chi connectivity index (χ2v) is 8.24. The molecule has 1 aliphatic rings. The second kappa shape index (κ2) is 7.65. The van der Waals surface area contributed by atoms with Crippen LogP contribution in [0.25, 0.3) is 0 Å². The van der Waals surface area contributed by atoms with E-state index in [-0.39, 0.29) is 17.6 Å². The Morgan fingerprint density at radius 3 is 2.48 bits per heavy atom. The minimum atomic E-state index is -0.239. The molecule has 1 fully saturated rings. The van der Waals surface area contributed by atoms with Crippen molar-refractivity contribution in [3.8, 4) is 0 Å². The Hall–Kier alpha value is -1.75. The molecule has 2 heterocycles. The molecule has 0 N–H and O–H groups in total. The summed E-state index contributed by atoms with van der Waals surface area (Å²) in [5.74, 6) is 0.546. The maximum Gasteiger partial charge on any atom is 0.223 e. The van der Waals surface area contributed by atoms with Crippen molar-refractivity contribution in [3.05, 3.63) is 51.2 Å². The summed E-state index contributed by atoms with van der Waals surface area (Å²) in [6, 6.07) is 6.46. The van der Waals surface area contributed by atoms with Gasteiger partial charge in [0.15, 0.2) is 0 Å². The number of carbonyl (C=O) groups excluding carboxylic acids is 1. The van der Waals surface area contributed by atoms with E-state index in [2.05, 4.69) is 18.8 Å². The third kappa shape index (κ3) is 4.27. The van der Waals surface area contributed by atoms with Gasteiger partial charge in [-0.05, 0) is 50.3 Å². The molecule has 0 aliphatic carbocycles. The van der Waals surface area contributed by atoms with Crippen LogP contribution in [-0.4, -0.2) is 28.9 Å². The van der Waals surface area contributed by atoms with Crippen molar-refractivity contribution in [1.82, 2.24) is 9.88 Å². The zero-order valence-electron chi connectivity index (χ0n) is 15.1. The number of nitrogens with zero attached hydrogens (tertiary/aromatic N) is 2. The summed E-state index contributed by atoms with van der Waals surface area (Å²) >= 11 is 1.79. The first kappa shape index (κ1) is 18.1. The van der Waals surface area contributed by atoms with Crippen molar-refractivity contribution in [2.75, 3.05) is 13.1 Å². The molecule has 3 nitrogen and oxygen atoms in total. The topological polar surface area (TPSA) is 33.2 Å². The lowest BCUT2D eigenvalue weighted by molar-refractivity contribution is -0.132. The fraction of sp³-hybridized carbons (Fsp3) is 0.500. The van der Waals surface area contributed by atoms with Crippen molar-refractivity contribution in [3.63, 3.8) is 0 Å². The molecule has 134 valence electrons. The number of benzene rings is 1. The number of aromatic nitrogens is 1. The van der Waals surface area contributed by atoms with E-state index < -0.39 is 0 Å². The number of carbonyl (C=O) groups is 1. The van der Waals surface area contributed by atoms with E-state index in [9.17, 15) is 9.18 Å². The number of rotatable bonds is 4. The van der Waals surface area contributed by atoms with E-state index >= 15 is 0 Å². The number of likely N-dealkylation sites (tertiary alicyclic amines) is 1. The molecule has 0 bridgehead atoms. The van der Waals surface area contributed by atoms with Crippen LogP contribution in [0.3, 0.4) is 0 Å². The number of thiazole rings is 1. The molecule has 25 heavy (non-hydrogen) atoms. The summed E-state index contributed by atoms with van der Waals surface area (Å²) in [7, 11) is 0. The molecule has 3 rings (SSSR count). The number of hydrogen-bond donors (Lipinski definition) is 0. The Labute approximate surface area is 152 Å². The van der Waals surface area contributed by atoms with Gasteiger partial charge in [0.1, 0.15) is 5.82 Å². The molecule has 0 saturated carbocycles. The van der Waals surface area contributed by atoms with Gasteiger partial charge in [-0.25, -0.2) is 9.37 Å². The Morgan fingerprint density at radius 2 is 1.92 bits per heavy atom. The van der Waals surface area contributed by atoms with Crippen LogP contribution < -0.4 is 0 Å². The minimum Gasteiger partial charge on any atom is -0.343 e. The molecule has 1 amide bonds. The van der Waals surface area contributed by atoms with Crippen molar-refractivity contribution >= 4 is 17.2 Å². The molecular formula is C20H25FN2OS. The zero-order chi connectivity index (χ0) is 18.0. The summed E-state index contributed by atoms with van der Waals surface area (Å²) in [5, 5.41) is 1.22. The van der Waals surface area contributed by atoms with Crippen LogP contribution in [-0.2, 0) is 4.79 Å². The molecule has 1 saturated heterocycles. The summed E-state index contributed by atoms with van der Waals surface area (Å²) < 4.78 is 13.0. The first-order valence-corrected chi connectivity index (χ1v) is 9.73. The van der Waals surface area contributed by atoms with Crippen LogP contribution in [0.2, 0.25) is 0 Å². The molecule has 5 heteroatoms. The summed E-state index contributed by atoms with van der Waals surface area (Å²) in [5.41, 5.74) is 2.14. The molecule has 1 aliphatic heterocycles. The second-order valence-electron chi connectivity index (χ2n) is 7.01. The van der Waals surface area contributed by atoms with E-state index in [1.54, 1.807) is 23.5 Å². The number of amides is 1. The molecule has 1 atom stereocenters. The highest BCUT2D eigenvalue weighted by Gasteiger charge is 2.26. The summed E-state index contributed by atoms with van der Waals surface area (Å²) in [6.45, 7) is 7.81. The SMILES string of the molecule is Cc1nc(C2CCN(C(=O)CC(C)c3ccc(F)cc3)CC2)sc1C. The lowest BCUT2D eigenvalue weighted by Gasteiger charge is -2.32. The fourth-order valence-electron chi connectivity index (χ4n) is 3.35. The normalized spacial score (nSPS) is 16.9. The van der Waals surface area contributed by atoms with E-state index in [1.807, 2.05) is 11.8 Å². The monoisotopic (exact) mass is 360 g/mol. The van der Waals surface area contributed by atoms with Gasteiger partial charge in [0.2, 0.25) is 5.91 Å². The minimum absolute atomic E-state index is 0.107. The first-order chi connectivity index (χ1) is 11.9. The summed E-state index contributed by atoms with van der Waals surface area (Å²) in [6.07, 6.45) is 2.46. The van der Waals surface area contributed by atoms with E-state index in [1.165, 1.54) is 22.0 Å². The Kier molecular flexibility index (Phi) is 5.52. The van der Waals surface area contributed by atoms with Crippen molar-refractivity contribution in [2.45, 2.75) is 51.9 Å². The van der Waals surface area contributed by atoms with Crippen LogP contribution in [0, 0.1) is 19.7 Å². The first-order valence-electron chi connectivity index (χ1n) is 8.91. The van der Waals surface area contributed by atoms with Crippen LogP contribution in [0.4, 0.5) is 4.39 Å². The van der Waals surface area contributed by atoms with Gasteiger partial charge in [-0.15, -0.1) is 11.3 Å².